The average Bonchev–Trinajstić information content (AvgIpc) is 2.59. The maximum Gasteiger partial charge on any atom is 0.335 e. The van der Waals surface area contributed by atoms with Crippen LogP contribution in [0.2, 0.25) is 0 Å². The van der Waals surface area contributed by atoms with E-state index in [1.807, 2.05) is 37.3 Å². The fourth-order valence-electron chi connectivity index (χ4n) is 2.80. The molecule has 4 amide bonds. The van der Waals surface area contributed by atoms with Crippen LogP contribution in [0.3, 0.4) is 0 Å². The van der Waals surface area contributed by atoms with E-state index in [1.165, 1.54) is 11.6 Å². The predicted octanol–water partition coefficient (Wildman–Crippen LogP) is 3.78. The van der Waals surface area contributed by atoms with E-state index in [-0.39, 0.29) is 5.57 Å². The Morgan fingerprint density at radius 3 is 2.31 bits per heavy atom. The second-order valence-corrected chi connectivity index (χ2v) is 6.62. The molecule has 1 heterocycles. The van der Waals surface area contributed by atoms with Crippen LogP contribution >= 0.6 is 0 Å². The van der Waals surface area contributed by atoms with Gasteiger partial charge in [-0.05, 0) is 47.7 Å². The Labute approximate surface area is 152 Å². The number of urea groups is 1. The Bertz CT molecular complexity index is 911. The first kappa shape index (κ1) is 17.6. The minimum absolute atomic E-state index is 0.0663. The monoisotopic (exact) mass is 348 g/mol. The lowest BCUT2D eigenvalue weighted by atomic mass is 10.0. The van der Waals surface area contributed by atoms with Crippen LogP contribution in [-0.4, -0.2) is 17.8 Å². The molecule has 2 aromatic carbocycles. The van der Waals surface area contributed by atoms with Gasteiger partial charge in [0.15, 0.2) is 0 Å². The smallest absolute Gasteiger partial charge is 0.273 e. The lowest BCUT2D eigenvalue weighted by Crippen LogP contribution is -2.54. The van der Waals surface area contributed by atoms with E-state index in [2.05, 4.69) is 19.2 Å². The number of anilines is 1. The first-order chi connectivity index (χ1) is 12.4. The SMILES string of the molecule is Cc1cccc(N2C(=O)NC(=O)/C(=C\c3ccc(C(C)C)cc3)C2=O)c1. The topological polar surface area (TPSA) is 66.5 Å². The number of nitrogens with zero attached hydrogens (tertiary/aromatic N) is 1. The number of carbonyl (C=O) groups excluding carboxylic acids is 3. The fraction of sp³-hybridized carbons (Fsp3) is 0.190. The van der Waals surface area contributed by atoms with Gasteiger partial charge in [0.25, 0.3) is 11.8 Å². The zero-order chi connectivity index (χ0) is 18.8. The third-order valence-electron chi connectivity index (χ3n) is 4.28. The van der Waals surface area contributed by atoms with Crippen molar-refractivity contribution >= 4 is 29.6 Å². The summed E-state index contributed by atoms with van der Waals surface area (Å²) < 4.78 is 0. The normalized spacial score (nSPS) is 16.4. The highest BCUT2D eigenvalue weighted by Crippen LogP contribution is 2.23. The number of hydrogen-bond donors (Lipinski definition) is 1. The van der Waals surface area contributed by atoms with Crippen LogP contribution in [0.5, 0.6) is 0 Å². The van der Waals surface area contributed by atoms with Gasteiger partial charge in [-0.3, -0.25) is 14.9 Å². The van der Waals surface area contributed by atoms with Gasteiger partial charge in [0.05, 0.1) is 5.69 Å². The molecule has 0 aromatic heterocycles. The Kier molecular flexibility index (Phi) is 4.71. The molecule has 5 heteroatoms. The van der Waals surface area contributed by atoms with Crippen LogP contribution in [-0.2, 0) is 9.59 Å². The Balaban J connectivity index is 1.97. The third kappa shape index (κ3) is 3.42. The van der Waals surface area contributed by atoms with E-state index in [4.69, 9.17) is 0 Å². The van der Waals surface area contributed by atoms with Crippen LogP contribution in [0.15, 0.2) is 54.1 Å². The lowest BCUT2D eigenvalue weighted by Gasteiger charge is -2.26. The minimum atomic E-state index is -0.738. The van der Waals surface area contributed by atoms with Crippen molar-refractivity contribution in [2.24, 2.45) is 0 Å². The second kappa shape index (κ2) is 6.96. The van der Waals surface area contributed by atoms with Crippen LogP contribution in [0.25, 0.3) is 6.08 Å². The second-order valence-electron chi connectivity index (χ2n) is 6.62. The molecule has 1 N–H and O–H groups in total. The Morgan fingerprint density at radius 1 is 1.00 bits per heavy atom. The molecular formula is C21H20N2O3. The molecule has 1 saturated heterocycles. The number of amides is 4. The van der Waals surface area contributed by atoms with E-state index in [0.717, 1.165) is 16.0 Å². The summed E-state index contributed by atoms with van der Waals surface area (Å²) in [5, 5.41) is 2.24. The van der Waals surface area contributed by atoms with Gasteiger partial charge in [0.1, 0.15) is 5.57 Å². The largest absolute Gasteiger partial charge is 0.335 e. The zero-order valence-electron chi connectivity index (χ0n) is 14.9. The summed E-state index contributed by atoms with van der Waals surface area (Å²) >= 11 is 0. The van der Waals surface area contributed by atoms with E-state index < -0.39 is 17.8 Å². The molecule has 1 aliphatic heterocycles. The van der Waals surface area contributed by atoms with Crippen molar-refractivity contribution in [1.29, 1.82) is 0 Å². The minimum Gasteiger partial charge on any atom is -0.273 e. The van der Waals surface area contributed by atoms with Crippen molar-refractivity contribution in [3.8, 4) is 0 Å². The van der Waals surface area contributed by atoms with E-state index >= 15 is 0 Å². The van der Waals surface area contributed by atoms with Gasteiger partial charge in [0, 0.05) is 0 Å². The number of aryl methyl sites for hydroxylation is 1. The summed E-state index contributed by atoms with van der Waals surface area (Å²) in [6.07, 6.45) is 1.51. The van der Waals surface area contributed by atoms with E-state index in [1.54, 1.807) is 18.2 Å². The van der Waals surface area contributed by atoms with Crippen LogP contribution in [0.4, 0.5) is 10.5 Å². The lowest BCUT2D eigenvalue weighted by molar-refractivity contribution is -0.122. The van der Waals surface area contributed by atoms with Crippen molar-refractivity contribution in [3.05, 3.63) is 70.8 Å². The maximum atomic E-state index is 12.8. The van der Waals surface area contributed by atoms with Crippen LogP contribution in [0, 0.1) is 6.92 Å². The summed E-state index contributed by atoms with van der Waals surface area (Å²) in [4.78, 5) is 38.2. The summed E-state index contributed by atoms with van der Waals surface area (Å²) in [7, 11) is 0. The molecule has 0 spiro atoms. The summed E-state index contributed by atoms with van der Waals surface area (Å²) in [6.45, 7) is 6.06. The number of nitrogens with one attached hydrogen (secondary N) is 1. The van der Waals surface area contributed by atoms with Crippen molar-refractivity contribution in [2.45, 2.75) is 26.7 Å². The molecule has 2 aromatic rings. The molecule has 0 saturated carbocycles. The molecule has 5 nitrogen and oxygen atoms in total. The fourth-order valence-corrected chi connectivity index (χ4v) is 2.80. The van der Waals surface area contributed by atoms with Gasteiger partial charge in [0.2, 0.25) is 0 Å². The number of imide groups is 2. The summed E-state index contributed by atoms with van der Waals surface area (Å²) in [5.41, 5.74) is 3.17. The highest BCUT2D eigenvalue weighted by atomic mass is 16.2. The van der Waals surface area contributed by atoms with Crippen LogP contribution < -0.4 is 10.2 Å². The molecule has 0 unspecified atom stereocenters. The molecule has 132 valence electrons. The first-order valence-corrected chi connectivity index (χ1v) is 8.45. The summed E-state index contributed by atoms with van der Waals surface area (Å²) in [5.74, 6) is -0.917. The predicted molar refractivity (Wildman–Crippen MR) is 101 cm³/mol. The number of hydrogen-bond acceptors (Lipinski definition) is 3. The molecular weight excluding hydrogens is 328 g/mol. The molecule has 0 aliphatic carbocycles. The molecule has 0 atom stereocenters. The van der Waals surface area contributed by atoms with Gasteiger partial charge in [-0.25, -0.2) is 9.69 Å². The van der Waals surface area contributed by atoms with Crippen molar-refractivity contribution in [3.63, 3.8) is 0 Å². The molecule has 1 aliphatic rings. The molecule has 1 fully saturated rings. The average molecular weight is 348 g/mol. The van der Waals surface area contributed by atoms with E-state index in [9.17, 15) is 14.4 Å². The first-order valence-electron chi connectivity index (χ1n) is 8.45. The summed E-state index contributed by atoms with van der Waals surface area (Å²) in [6, 6.07) is 13.9. The standard InChI is InChI=1S/C21H20N2O3/c1-13(2)16-9-7-15(8-10-16)12-18-19(24)22-21(26)23(20(18)25)17-6-4-5-14(3)11-17/h4-13H,1-3H3,(H,22,24,26)/b18-12+. The maximum absolute atomic E-state index is 12.8. The number of carbonyl (C=O) groups is 3. The van der Waals surface area contributed by atoms with Gasteiger partial charge in [-0.2, -0.15) is 0 Å². The van der Waals surface area contributed by atoms with Gasteiger partial charge < -0.3 is 0 Å². The highest BCUT2D eigenvalue weighted by Gasteiger charge is 2.36. The van der Waals surface area contributed by atoms with E-state index in [0.29, 0.717) is 11.6 Å². The third-order valence-corrected chi connectivity index (χ3v) is 4.28. The Hall–Kier alpha value is -3.21. The molecule has 26 heavy (non-hydrogen) atoms. The molecule has 0 radical (unpaired) electrons. The molecule has 0 bridgehead atoms. The number of barbiturate groups is 1. The van der Waals surface area contributed by atoms with Gasteiger partial charge in [-0.15, -0.1) is 0 Å². The molecule has 3 rings (SSSR count). The van der Waals surface area contributed by atoms with Crippen molar-refractivity contribution < 1.29 is 14.4 Å². The van der Waals surface area contributed by atoms with Crippen LogP contribution in [0.1, 0.15) is 36.5 Å². The quantitative estimate of drug-likeness (QED) is 0.678. The number of benzene rings is 2. The van der Waals surface area contributed by atoms with Crippen molar-refractivity contribution in [1.82, 2.24) is 5.32 Å². The van der Waals surface area contributed by atoms with Gasteiger partial charge in [-0.1, -0.05) is 50.2 Å². The zero-order valence-corrected chi connectivity index (χ0v) is 14.9. The van der Waals surface area contributed by atoms with Crippen molar-refractivity contribution in [2.75, 3.05) is 4.90 Å². The van der Waals surface area contributed by atoms with Gasteiger partial charge >= 0.3 is 6.03 Å². The highest BCUT2D eigenvalue weighted by molar-refractivity contribution is 6.39. The Morgan fingerprint density at radius 2 is 1.69 bits per heavy atom. The number of rotatable bonds is 3.